The van der Waals surface area contributed by atoms with Crippen LogP contribution >= 0.6 is 0 Å². The lowest BCUT2D eigenvalue weighted by Gasteiger charge is -2.23. The summed E-state index contributed by atoms with van der Waals surface area (Å²) in [6.45, 7) is 6.36. The van der Waals surface area contributed by atoms with Crippen molar-refractivity contribution in [3.8, 4) is 11.5 Å². The van der Waals surface area contributed by atoms with E-state index in [1.165, 1.54) is 0 Å². The predicted octanol–water partition coefficient (Wildman–Crippen LogP) is 1.82. The van der Waals surface area contributed by atoms with Gasteiger partial charge >= 0.3 is 5.97 Å². The molecule has 1 aromatic rings. The summed E-state index contributed by atoms with van der Waals surface area (Å²) in [5.74, 6) is -0.694. The number of aryl methyl sites for hydroxylation is 1. The van der Waals surface area contributed by atoms with Crippen LogP contribution in [0.15, 0.2) is 6.07 Å². The molecule has 2 rings (SSSR count). The van der Waals surface area contributed by atoms with E-state index in [1.807, 2.05) is 13.8 Å². The van der Waals surface area contributed by atoms with Crippen LogP contribution in [0.4, 0.5) is 0 Å². The Hall–Kier alpha value is -2.04. The molecule has 0 radical (unpaired) electrons. The minimum absolute atomic E-state index is 0.162. The third-order valence-corrected chi connectivity index (χ3v) is 3.03. The van der Waals surface area contributed by atoms with Gasteiger partial charge in [-0.15, -0.1) is 0 Å². The second kappa shape index (κ2) is 5.30. The van der Waals surface area contributed by atoms with Gasteiger partial charge in [0.25, 0.3) is 5.78 Å². The van der Waals surface area contributed by atoms with Crippen molar-refractivity contribution >= 4 is 11.8 Å². The quantitative estimate of drug-likeness (QED) is 0.473. The van der Waals surface area contributed by atoms with E-state index in [2.05, 4.69) is 0 Å². The Balaban J connectivity index is 2.49. The van der Waals surface area contributed by atoms with Gasteiger partial charge < -0.3 is 14.2 Å². The molecule has 1 aliphatic rings. The van der Waals surface area contributed by atoms with E-state index in [0.29, 0.717) is 24.7 Å². The van der Waals surface area contributed by atoms with E-state index in [1.54, 1.807) is 13.0 Å². The Morgan fingerprint density at radius 2 is 1.84 bits per heavy atom. The fourth-order valence-electron chi connectivity index (χ4n) is 1.94. The SMILES string of the molecule is CCOC(=O)C(=O)c1cc(C)c(C)c2c1OCCO2. The average molecular weight is 264 g/mol. The zero-order chi connectivity index (χ0) is 14.0. The maximum absolute atomic E-state index is 12.1. The van der Waals surface area contributed by atoms with Crippen molar-refractivity contribution in [1.82, 2.24) is 0 Å². The molecule has 19 heavy (non-hydrogen) atoms. The predicted molar refractivity (Wildman–Crippen MR) is 67.9 cm³/mol. The molecule has 1 aromatic carbocycles. The molecule has 5 nitrogen and oxygen atoms in total. The number of hydrogen-bond acceptors (Lipinski definition) is 5. The lowest BCUT2D eigenvalue weighted by Crippen LogP contribution is -2.23. The lowest BCUT2D eigenvalue weighted by atomic mass is 10.0. The van der Waals surface area contributed by atoms with Crippen molar-refractivity contribution in [3.05, 3.63) is 22.8 Å². The molecule has 0 N–H and O–H groups in total. The number of esters is 1. The number of rotatable bonds is 3. The second-order valence-electron chi connectivity index (χ2n) is 4.27. The fourth-order valence-corrected chi connectivity index (χ4v) is 1.94. The number of benzene rings is 1. The first-order chi connectivity index (χ1) is 9.06. The highest BCUT2D eigenvalue weighted by atomic mass is 16.6. The van der Waals surface area contributed by atoms with Crippen LogP contribution in [-0.4, -0.2) is 31.6 Å². The molecule has 0 unspecified atom stereocenters. The van der Waals surface area contributed by atoms with Gasteiger partial charge in [-0.1, -0.05) is 0 Å². The maximum Gasteiger partial charge on any atom is 0.379 e. The first-order valence-corrected chi connectivity index (χ1v) is 6.17. The molecule has 1 aliphatic heterocycles. The van der Waals surface area contributed by atoms with E-state index < -0.39 is 11.8 Å². The molecule has 0 amide bonds. The highest BCUT2D eigenvalue weighted by Crippen LogP contribution is 2.39. The summed E-state index contributed by atoms with van der Waals surface area (Å²) in [5.41, 5.74) is 1.99. The molecule has 0 fully saturated rings. The van der Waals surface area contributed by atoms with Crippen molar-refractivity contribution in [2.24, 2.45) is 0 Å². The summed E-state index contributed by atoms with van der Waals surface area (Å²) in [6.07, 6.45) is 0. The van der Waals surface area contributed by atoms with Crippen molar-refractivity contribution < 1.29 is 23.8 Å². The largest absolute Gasteiger partial charge is 0.486 e. The van der Waals surface area contributed by atoms with Crippen LogP contribution in [-0.2, 0) is 9.53 Å². The Bertz CT molecular complexity index is 533. The minimum Gasteiger partial charge on any atom is -0.486 e. The zero-order valence-electron chi connectivity index (χ0n) is 11.2. The van der Waals surface area contributed by atoms with Gasteiger partial charge in [-0.25, -0.2) is 4.79 Å². The third kappa shape index (κ3) is 2.41. The minimum atomic E-state index is -0.873. The monoisotopic (exact) mass is 264 g/mol. The lowest BCUT2D eigenvalue weighted by molar-refractivity contribution is -0.137. The number of ketones is 1. The van der Waals surface area contributed by atoms with E-state index in [9.17, 15) is 9.59 Å². The van der Waals surface area contributed by atoms with E-state index >= 15 is 0 Å². The first kappa shape index (κ1) is 13.4. The van der Waals surface area contributed by atoms with Gasteiger partial charge in [0.2, 0.25) is 0 Å². The smallest absolute Gasteiger partial charge is 0.379 e. The summed E-state index contributed by atoms with van der Waals surface area (Å²) in [7, 11) is 0. The summed E-state index contributed by atoms with van der Waals surface area (Å²) < 4.78 is 15.8. The average Bonchev–Trinajstić information content (AvgIpc) is 2.42. The maximum atomic E-state index is 12.1. The Kier molecular flexibility index (Phi) is 3.74. The fraction of sp³-hybridized carbons (Fsp3) is 0.429. The molecule has 0 saturated heterocycles. The van der Waals surface area contributed by atoms with Gasteiger partial charge in [0.1, 0.15) is 13.2 Å². The van der Waals surface area contributed by atoms with E-state index in [4.69, 9.17) is 14.2 Å². The van der Waals surface area contributed by atoms with E-state index in [0.717, 1.165) is 11.1 Å². The zero-order valence-corrected chi connectivity index (χ0v) is 11.2. The molecular formula is C14H16O5. The number of Topliss-reactive ketones (excluding diaryl/α,β-unsaturated/α-hetero) is 1. The van der Waals surface area contributed by atoms with Crippen LogP contribution < -0.4 is 9.47 Å². The molecule has 0 atom stereocenters. The van der Waals surface area contributed by atoms with Crippen LogP contribution in [0, 0.1) is 13.8 Å². The third-order valence-electron chi connectivity index (χ3n) is 3.03. The molecule has 1 heterocycles. The highest BCUT2D eigenvalue weighted by Gasteiger charge is 2.28. The molecule has 102 valence electrons. The van der Waals surface area contributed by atoms with Crippen molar-refractivity contribution in [2.75, 3.05) is 19.8 Å². The Morgan fingerprint density at radius 1 is 1.21 bits per heavy atom. The first-order valence-electron chi connectivity index (χ1n) is 6.17. The van der Waals surface area contributed by atoms with Crippen LogP contribution in [0.1, 0.15) is 28.4 Å². The Labute approximate surface area is 111 Å². The van der Waals surface area contributed by atoms with Gasteiger partial charge in [0, 0.05) is 0 Å². The van der Waals surface area contributed by atoms with Crippen LogP contribution in [0.3, 0.4) is 0 Å². The number of carbonyl (C=O) groups excluding carboxylic acids is 2. The molecule has 5 heteroatoms. The number of hydrogen-bond donors (Lipinski definition) is 0. The topological polar surface area (TPSA) is 61.8 Å². The second-order valence-corrected chi connectivity index (χ2v) is 4.27. The van der Waals surface area contributed by atoms with Gasteiger partial charge in [-0.2, -0.15) is 0 Å². The van der Waals surface area contributed by atoms with Crippen molar-refractivity contribution in [1.29, 1.82) is 0 Å². The number of fused-ring (bicyclic) bond motifs is 1. The van der Waals surface area contributed by atoms with Crippen LogP contribution in [0.5, 0.6) is 11.5 Å². The summed E-state index contributed by atoms with van der Waals surface area (Å²) in [4.78, 5) is 23.6. The van der Waals surface area contributed by atoms with Crippen molar-refractivity contribution in [3.63, 3.8) is 0 Å². The van der Waals surface area contributed by atoms with Crippen molar-refractivity contribution in [2.45, 2.75) is 20.8 Å². The summed E-state index contributed by atoms with van der Waals surface area (Å²) in [6, 6.07) is 1.64. The molecule has 0 spiro atoms. The van der Waals surface area contributed by atoms with Gasteiger partial charge in [-0.05, 0) is 38.0 Å². The van der Waals surface area contributed by atoms with Crippen LogP contribution in [0.2, 0.25) is 0 Å². The molecule has 0 aliphatic carbocycles. The number of carbonyl (C=O) groups is 2. The molecular weight excluding hydrogens is 248 g/mol. The van der Waals surface area contributed by atoms with Gasteiger partial charge in [0.05, 0.1) is 12.2 Å². The highest BCUT2D eigenvalue weighted by molar-refractivity contribution is 6.41. The Morgan fingerprint density at radius 3 is 2.47 bits per heavy atom. The number of ether oxygens (including phenoxy) is 3. The van der Waals surface area contributed by atoms with E-state index in [-0.39, 0.29) is 12.2 Å². The molecule has 0 saturated carbocycles. The van der Waals surface area contributed by atoms with Gasteiger partial charge in [0.15, 0.2) is 11.5 Å². The summed E-state index contributed by atoms with van der Waals surface area (Å²) in [5, 5.41) is 0. The normalized spacial score (nSPS) is 13.0. The molecule has 0 bridgehead atoms. The van der Waals surface area contributed by atoms with Crippen LogP contribution in [0.25, 0.3) is 0 Å². The van der Waals surface area contributed by atoms with Gasteiger partial charge in [-0.3, -0.25) is 4.79 Å². The molecule has 0 aromatic heterocycles. The standard InChI is InChI=1S/C14H16O5/c1-4-17-14(16)11(15)10-7-8(2)9(3)12-13(10)19-6-5-18-12/h7H,4-6H2,1-3H3. The summed E-state index contributed by atoms with van der Waals surface area (Å²) >= 11 is 0.